The highest BCUT2D eigenvalue weighted by molar-refractivity contribution is 14.1. The summed E-state index contributed by atoms with van der Waals surface area (Å²) in [6, 6.07) is 0. The van der Waals surface area contributed by atoms with E-state index in [9.17, 15) is 0 Å². The monoisotopic (exact) mass is 293 g/mol. The largest absolute Gasteiger partial charge is 0.310 e. The molecular weight excluding hydrogens is 277 g/mol. The van der Waals surface area contributed by atoms with Crippen LogP contribution >= 0.6 is 22.6 Å². The van der Waals surface area contributed by atoms with Crippen molar-refractivity contribution < 1.29 is 0 Å². The van der Waals surface area contributed by atoms with Crippen LogP contribution in [0.1, 0.15) is 20.8 Å². The Balaban J connectivity index is 2.28. The molecule has 3 nitrogen and oxygen atoms in total. The average Bonchev–Trinajstić information content (AvgIpc) is 2.33. The molecule has 0 aromatic carbocycles. The molecule has 1 N–H and O–H groups in total. The fraction of sp³-hybridized carbons (Fsp3) is 0.667. The number of hydrogen-bond donors (Lipinski definition) is 1. The lowest BCUT2D eigenvalue weighted by molar-refractivity contribution is 0.405. The van der Waals surface area contributed by atoms with E-state index in [1.54, 1.807) is 0 Å². The first-order valence-electron chi connectivity index (χ1n) is 4.40. The molecule has 74 valence electrons. The van der Waals surface area contributed by atoms with Crippen LogP contribution in [0.3, 0.4) is 0 Å². The van der Waals surface area contributed by atoms with Gasteiger partial charge in [0.05, 0.1) is 16.3 Å². The maximum atomic E-state index is 4.20. The highest BCUT2D eigenvalue weighted by Crippen LogP contribution is 2.01. The van der Waals surface area contributed by atoms with Gasteiger partial charge in [-0.1, -0.05) is 0 Å². The Kier molecular flexibility index (Phi) is 3.73. The maximum Gasteiger partial charge on any atom is 0.0623 e. The maximum absolute atomic E-state index is 4.20. The van der Waals surface area contributed by atoms with Crippen LogP contribution in [0.15, 0.2) is 12.4 Å². The number of hydrogen-bond acceptors (Lipinski definition) is 2. The molecule has 13 heavy (non-hydrogen) atoms. The normalized spacial score (nSPS) is 12.0. The molecule has 0 aliphatic carbocycles. The lowest BCUT2D eigenvalue weighted by Crippen LogP contribution is -2.37. The summed E-state index contributed by atoms with van der Waals surface area (Å²) in [5.74, 6) is 0. The quantitative estimate of drug-likeness (QED) is 0.862. The standard InChI is InChI=1S/C9H16IN3/c1-9(2,3)11-4-5-13-7-8(10)6-12-13/h6-7,11H,4-5H2,1-3H3. The van der Waals surface area contributed by atoms with Gasteiger partial charge in [-0.3, -0.25) is 4.68 Å². The lowest BCUT2D eigenvalue weighted by Gasteiger charge is -2.20. The van der Waals surface area contributed by atoms with E-state index in [-0.39, 0.29) is 5.54 Å². The molecule has 4 heteroatoms. The van der Waals surface area contributed by atoms with E-state index in [4.69, 9.17) is 0 Å². The first-order valence-corrected chi connectivity index (χ1v) is 5.48. The molecule has 0 saturated carbocycles. The number of halogens is 1. The van der Waals surface area contributed by atoms with Gasteiger partial charge in [0.25, 0.3) is 0 Å². The Morgan fingerprint density at radius 3 is 2.69 bits per heavy atom. The van der Waals surface area contributed by atoms with Crippen LogP contribution in [0.25, 0.3) is 0 Å². The van der Waals surface area contributed by atoms with Crippen molar-refractivity contribution in [2.24, 2.45) is 0 Å². The third-order valence-corrected chi connectivity index (χ3v) is 2.16. The summed E-state index contributed by atoms with van der Waals surface area (Å²) in [7, 11) is 0. The molecule has 0 aliphatic heterocycles. The van der Waals surface area contributed by atoms with Crippen molar-refractivity contribution in [3.05, 3.63) is 16.0 Å². The van der Waals surface area contributed by atoms with Crippen molar-refractivity contribution in [1.29, 1.82) is 0 Å². The molecule has 0 saturated heterocycles. The third-order valence-electron chi connectivity index (χ3n) is 1.60. The molecule has 1 aromatic rings. The second-order valence-corrected chi connectivity index (χ2v) is 5.34. The first kappa shape index (κ1) is 11.0. The minimum Gasteiger partial charge on any atom is -0.310 e. The van der Waals surface area contributed by atoms with E-state index < -0.39 is 0 Å². The van der Waals surface area contributed by atoms with Gasteiger partial charge >= 0.3 is 0 Å². The van der Waals surface area contributed by atoms with Gasteiger partial charge in [-0.2, -0.15) is 5.10 Å². The second kappa shape index (κ2) is 4.41. The van der Waals surface area contributed by atoms with E-state index in [1.807, 2.05) is 17.1 Å². The van der Waals surface area contributed by atoms with E-state index in [0.29, 0.717) is 0 Å². The molecule has 1 aromatic heterocycles. The van der Waals surface area contributed by atoms with Gasteiger partial charge in [0.2, 0.25) is 0 Å². The SMILES string of the molecule is CC(C)(C)NCCn1cc(I)cn1. The molecule has 0 bridgehead atoms. The van der Waals surface area contributed by atoms with Crippen molar-refractivity contribution in [3.8, 4) is 0 Å². The topological polar surface area (TPSA) is 29.9 Å². The van der Waals surface area contributed by atoms with Gasteiger partial charge in [-0.15, -0.1) is 0 Å². The predicted molar refractivity (Wildman–Crippen MR) is 62.7 cm³/mol. The minimum atomic E-state index is 0.195. The summed E-state index contributed by atoms with van der Waals surface area (Å²) >= 11 is 2.26. The molecule has 0 radical (unpaired) electrons. The first-order chi connectivity index (χ1) is 5.97. The molecule has 1 heterocycles. The van der Waals surface area contributed by atoms with E-state index in [0.717, 1.165) is 13.1 Å². The van der Waals surface area contributed by atoms with Gasteiger partial charge in [-0.25, -0.2) is 0 Å². The molecule has 0 atom stereocenters. The van der Waals surface area contributed by atoms with Crippen LogP contribution in [0.4, 0.5) is 0 Å². The van der Waals surface area contributed by atoms with Crippen LogP contribution < -0.4 is 5.32 Å². The van der Waals surface area contributed by atoms with Gasteiger partial charge in [0.15, 0.2) is 0 Å². The Morgan fingerprint density at radius 2 is 2.23 bits per heavy atom. The Bertz CT molecular complexity index is 262. The number of nitrogens with zero attached hydrogens (tertiary/aromatic N) is 2. The molecule has 1 rings (SSSR count). The summed E-state index contributed by atoms with van der Waals surface area (Å²) in [5.41, 5.74) is 0.195. The van der Waals surface area contributed by atoms with Gasteiger partial charge in [0.1, 0.15) is 0 Å². The van der Waals surface area contributed by atoms with Crippen molar-refractivity contribution >= 4 is 22.6 Å². The number of nitrogens with one attached hydrogen (secondary N) is 1. The zero-order valence-electron chi connectivity index (χ0n) is 8.34. The summed E-state index contributed by atoms with van der Waals surface area (Å²) < 4.78 is 3.15. The number of rotatable bonds is 3. The molecule has 0 amide bonds. The summed E-state index contributed by atoms with van der Waals surface area (Å²) in [6.45, 7) is 8.39. The zero-order valence-corrected chi connectivity index (χ0v) is 10.5. The Morgan fingerprint density at radius 1 is 1.54 bits per heavy atom. The smallest absolute Gasteiger partial charge is 0.0623 e. The average molecular weight is 293 g/mol. The van der Waals surface area contributed by atoms with Crippen LogP contribution in [-0.4, -0.2) is 21.9 Å². The zero-order chi connectivity index (χ0) is 9.90. The van der Waals surface area contributed by atoms with Crippen LogP contribution in [0.2, 0.25) is 0 Å². The van der Waals surface area contributed by atoms with Gasteiger partial charge in [-0.05, 0) is 43.4 Å². The highest BCUT2D eigenvalue weighted by Gasteiger charge is 2.07. The lowest BCUT2D eigenvalue weighted by atomic mass is 10.1. The van der Waals surface area contributed by atoms with E-state index in [1.165, 1.54) is 3.57 Å². The van der Waals surface area contributed by atoms with Crippen molar-refractivity contribution in [3.63, 3.8) is 0 Å². The Hall–Kier alpha value is -0.100. The third kappa shape index (κ3) is 4.61. The summed E-state index contributed by atoms with van der Waals surface area (Å²) in [6.07, 6.45) is 3.92. The Labute approximate surface area is 93.0 Å². The minimum absolute atomic E-state index is 0.195. The van der Waals surface area contributed by atoms with Crippen molar-refractivity contribution in [2.75, 3.05) is 6.54 Å². The molecule has 0 spiro atoms. The number of aromatic nitrogens is 2. The van der Waals surface area contributed by atoms with Gasteiger partial charge < -0.3 is 5.32 Å². The summed E-state index contributed by atoms with van der Waals surface area (Å²) in [5, 5.41) is 7.62. The molecule has 0 unspecified atom stereocenters. The van der Waals surface area contributed by atoms with E-state index in [2.05, 4.69) is 53.8 Å². The fourth-order valence-corrected chi connectivity index (χ4v) is 1.45. The van der Waals surface area contributed by atoms with Crippen LogP contribution in [0.5, 0.6) is 0 Å². The van der Waals surface area contributed by atoms with Crippen LogP contribution in [-0.2, 0) is 6.54 Å². The molecular formula is C9H16IN3. The summed E-state index contributed by atoms with van der Waals surface area (Å²) in [4.78, 5) is 0. The second-order valence-electron chi connectivity index (χ2n) is 4.10. The van der Waals surface area contributed by atoms with Crippen molar-refractivity contribution in [1.82, 2.24) is 15.1 Å². The highest BCUT2D eigenvalue weighted by atomic mass is 127. The van der Waals surface area contributed by atoms with Crippen LogP contribution in [0, 0.1) is 3.57 Å². The fourth-order valence-electron chi connectivity index (χ4n) is 1.01. The molecule has 0 aliphatic rings. The van der Waals surface area contributed by atoms with Gasteiger partial charge in [0, 0.05) is 18.3 Å². The predicted octanol–water partition coefficient (Wildman–Crippen LogP) is 1.88. The molecule has 0 fully saturated rings. The van der Waals surface area contributed by atoms with E-state index >= 15 is 0 Å². The van der Waals surface area contributed by atoms with Crippen molar-refractivity contribution in [2.45, 2.75) is 32.9 Å².